The fraction of sp³-hybridized carbons (Fsp3) is 0.632. The molecule has 4 heterocycles. The van der Waals surface area contributed by atoms with Gasteiger partial charge in [0.1, 0.15) is 5.76 Å². The van der Waals surface area contributed by atoms with Gasteiger partial charge in [0.2, 0.25) is 0 Å². The number of nitrogens with zero attached hydrogens (tertiary/aromatic N) is 3. The van der Waals surface area contributed by atoms with Crippen LogP contribution in [0.15, 0.2) is 28.9 Å². The lowest BCUT2D eigenvalue weighted by molar-refractivity contribution is 0.101. The number of aliphatic hydroxyl groups is 1. The fourth-order valence-corrected chi connectivity index (χ4v) is 4.30. The zero-order valence-electron chi connectivity index (χ0n) is 14.9. The minimum atomic E-state index is -0.238. The van der Waals surface area contributed by atoms with Gasteiger partial charge in [-0.3, -0.25) is 14.9 Å². The molecule has 6 nitrogen and oxygen atoms in total. The molecular weight excluding hydrogens is 316 g/mol. The first kappa shape index (κ1) is 16.8. The molecule has 2 atom stereocenters. The van der Waals surface area contributed by atoms with Crippen LogP contribution in [0, 0.1) is 12.8 Å². The SMILES string of the molecule is Cc1cc(C[C@@H]2CN(C3CCN(Cc4ccco4)CC3)C[C@H]2O)n[nH]1. The standard InChI is InChI=1S/C19H28N4O2/c1-14-9-16(21-20-14)10-15-11-23(13-19(15)24)17-4-6-22(7-5-17)12-18-3-2-8-25-18/h2-3,8-9,15,17,19,24H,4-7,10-13H2,1H3,(H,20,21)/t15-,19-/m1/s1. The summed E-state index contributed by atoms with van der Waals surface area (Å²) in [5.74, 6) is 1.34. The summed E-state index contributed by atoms with van der Waals surface area (Å²) in [7, 11) is 0. The molecule has 0 amide bonds. The average molecular weight is 344 g/mol. The fourth-order valence-electron chi connectivity index (χ4n) is 4.30. The van der Waals surface area contributed by atoms with Gasteiger partial charge in [-0.15, -0.1) is 0 Å². The normalized spacial score (nSPS) is 26.5. The molecular formula is C19H28N4O2. The third-order valence-corrected chi connectivity index (χ3v) is 5.70. The summed E-state index contributed by atoms with van der Waals surface area (Å²) in [6.07, 6.45) is 4.70. The minimum Gasteiger partial charge on any atom is -0.468 e. The van der Waals surface area contributed by atoms with Gasteiger partial charge in [-0.1, -0.05) is 0 Å². The van der Waals surface area contributed by atoms with E-state index in [0.717, 1.165) is 56.3 Å². The van der Waals surface area contributed by atoms with Crippen molar-refractivity contribution in [2.75, 3.05) is 26.2 Å². The third-order valence-electron chi connectivity index (χ3n) is 5.70. The van der Waals surface area contributed by atoms with Crippen molar-refractivity contribution in [3.63, 3.8) is 0 Å². The molecule has 25 heavy (non-hydrogen) atoms. The van der Waals surface area contributed by atoms with E-state index in [-0.39, 0.29) is 6.10 Å². The molecule has 2 aromatic rings. The van der Waals surface area contributed by atoms with E-state index >= 15 is 0 Å². The van der Waals surface area contributed by atoms with E-state index < -0.39 is 0 Å². The highest BCUT2D eigenvalue weighted by Gasteiger charge is 2.36. The number of β-amino-alcohol motifs (C(OH)–C–C–N with tert-alkyl or cyclic N) is 1. The number of aromatic amines is 1. The number of furan rings is 1. The Morgan fingerprint density at radius 1 is 1.32 bits per heavy atom. The van der Waals surface area contributed by atoms with Gasteiger partial charge in [0.25, 0.3) is 0 Å². The molecule has 0 bridgehead atoms. The second-order valence-corrected chi connectivity index (χ2v) is 7.61. The summed E-state index contributed by atoms with van der Waals surface area (Å²) in [5, 5.41) is 17.8. The summed E-state index contributed by atoms with van der Waals surface area (Å²) < 4.78 is 5.46. The van der Waals surface area contributed by atoms with Crippen LogP contribution in [-0.2, 0) is 13.0 Å². The first-order valence-corrected chi connectivity index (χ1v) is 9.35. The summed E-state index contributed by atoms with van der Waals surface area (Å²) in [6.45, 7) is 6.91. The Balaban J connectivity index is 1.27. The number of aromatic nitrogens is 2. The zero-order chi connectivity index (χ0) is 17.2. The molecule has 0 radical (unpaired) electrons. The first-order valence-electron chi connectivity index (χ1n) is 9.35. The Labute approximate surface area is 148 Å². The van der Waals surface area contributed by atoms with Crippen molar-refractivity contribution in [2.45, 2.75) is 44.9 Å². The maximum absolute atomic E-state index is 10.5. The van der Waals surface area contributed by atoms with Gasteiger partial charge in [-0.25, -0.2) is 0 Å². The Bertz CT molecular complexity index is 661. The molecule has 0 aromatic carbocycles. The van der Waals surface area contributed by atoms with Crippen LogP contribution >= 0.6 is 0 Å². The molecule has 2 aliphatic heterocycles. The second kappa shape index (κ2) is 7.32. The van der Waals surface area contributed by atoms with Crippen LogP contribution in [0.3, 0.4) is 0 Å². The number of piperidine rings is 1. The lowest BCUT2D eigenvalue weighted by atomic mass is 10.00. The van der Waals surface area contributed by atoms with E-state index in [4.69, 9.17) is 4.42 Å². The zero-order valence-corrected chi connectivity index (χ0v) is 14.9. The molecule has 0 spiro atoms. The van der Waals surface area contributed by atoms with Gasteiger partial charge in [0.05, 0.1) is 24.6 Å². The van der Waals surface area contributed by atoms with Crippen molar-refractivity contribution in [1.29, 1.82) is 0 Å². The van der Waals surface area contributed by atoms with E-state index in [9.17, 15) is 5.11 Å². The highest BCUT2D eigenvalue weighted by atomic mass is 16.3. The van der Waals surface area contributed by atoms with Crippen molar-refractivity contribution in [3.8, 4) is 0 Å². The number of aliphatic hydroxyl groups excluding tert-OH is 1. The van der Waals surface area contributed by atoms with E-state index in [1.807, 2.05) is 19.1 Å². The van der Waals surface area contributed by atoms with Gasteiger partial charge in [-0.2, -0.15) is 5.10 Å². The summed E-state index contributed by atoms with van der Waals surface area (Å²) >= 11 is 0. The van der Waals surface area contributed by atoms with Crippen molar-refractivity contribution in [3.05, 3.63) is 41.6 Å². The van der Waals surface area contributed by atoms with Gasteiger partial charge in [0.15, 0.2) is 0 Å². The number of likely N-dealkylation sites (tertiary alicyclic amines) is 2. The van der Waals surface area contributed by atoms with Gasteiger partial charge in [-0.05, 0) is 44.4 Å². The number of nitrogens with one attached hydrogen (secondary N) is 1. The van der Waals surface area contributed by atoms with E-state index in [2.05, 4.69) is 26.1 Å². The molecule has 136 valence electrons. The van der Waals surface area contributed by atoms with Gasteiger partial charge >= 0.3 is 0 Å². The molecule has 0 unspecified atom stereocenters. The number of hydrogen-bond donors (Lipinski definition) is 2. The molecule has 6 heteroatoms. The molecule has 2 N–H and O–H groups in total. The van der Waals surface area contributed by atoms with Crippen LogP contribution in [-0.4, -0.2) is 63.4 Å². The quantitative estimate of drug-likeness (QED) is 0.866. The van der Waals surface area contributed by atoms with Crippen LogP contribution in [0.25, 0.3) is 0 Å². The van der Waals surface area contributed by atoms with Gasteiger partial charge < -0.3 is 9.52 Å². The highest BCUT2D eigenvalue weighted by Crippen LogP contribution is 2.27. The predicted molar refractivity (Wildman–Crippen MR) is 95.1 cm³/mol. The molecule has 0 saturated carbocycles. The Hall–Kier alpha value is -1.63. The maximum atomic E-state index is 10.5. The Morgan fingerprint density at radius 3 is 2.84 bits per heavy atom. The third kappa shape index (κ3) is 3.97. The predicted octanol–water partition coefficient (Wildman–Crippen LogP) is 1.81. The number of hydrogen-bond acceptors (Lipinski definition) is 5. The topological polar surface area (TPSA) is 68.5 Å². The number of H-pyrrole nitrogens is 1. The van der Waals surface area contributed by atoms with Gasteiger partial charge in [0, 0.05) is 43.8 Å². The lowest BCUT2D eigenvalue weighted by Gasteiger charge is -2.36. The summed E-state index contributed by atoms with van der Waals surface area (Å²) in [5.41, 5.74) is 2.15. The number of rotatable bonds is 5. The van der Waals surface area contributed by atoms with Crippen LogP contribution in [0.4, 0.5) is 0 Å². The molecule has 2 aliphatic rings. The maximum Gasteiger partial charge on any atom is 0.117 e. The monoisotopic (exact) mass is 344 g/mol. The van der Waals surface area contributed by atoms with Crippen LogP contribution in [0.1, 0.15) is 30.0 Å². The van der Waals surface area contributed by atoms with E-state index in [0.29, 0.717) is 12.0 Å². The van der Waals surface area contributed by atoms with Crippen LogP contribution in [0.2, 0.25) is 0 Å². The van der Waals surface area contributed by atoms with Crippen molar-refractivity contribution >= 4 is 0 Å². The van der Waals surface area contributed by atoms with E-state index in [1.54, 1.807) is 6.26 Å². The van der Waals surface area contributed by atoms with Crippen molar-refractivity contribution in [1.82, 2.24) is 20.0 Å². The largest absolute Gasteiger partial charge is 0.468 e. The van der Waals surface area contributed by atoms with E-state index in [1.165, 1.54) is 12.8 Å². The van der Waals surface area contributed by atoms with Crippen molar-refractivity contribution < 1.29 is 9.52 Å². The average Bonchev–Trinajstić information content (AvgIpc) is 3.32. The summed E-state index contributed by atoms with van der Waals surface area (Å²) in [4.78, 5) is 4.96. The van der Waals surface area contributed by atoms with Crippen molar-refractivity contribution in [2.24, 2.45) is 5.92 Å². The Morgan fingerprint density at radius 2 is 2.16 bits per heavy atom. The Kier molecular flexibility index (Phi) is 4.92. The minimum absolute atomic E-state index is 0.238. The van der Waals surface area contributed by atoms with Crippen LogP contribution in [0.5, 0.6) is 0 Å². The number of aryl methyl sites for hydroxylation is 1. The smallest absolute Gasteiger partial charge is 0.117 e. The van der Waals surface area contributed by atoms with Crippen LogP contribution < -0.4 is 0 Å². The summed E-state index contributed by atoms with van der Waals surface area (Å²) in [6, 6.07) is 6.68. The molecule has 4 rings (SSSR count). The lowest BCUT2D eigenvalue weighted by Crippen LogP contribution is -2.44. The second-order valence-electron chi connectivity index (χ2n) is 7.61. The molecule has 2 saturated heterocycles. The molecule has 2 fully saturated rings. The molecule has 2 aromatic heterocycles. The highest BCUT2D eigenvalue weighted by molar-refractivity contribution is 5.09. The molecule has 0 aliphatic carbocycles. The first-order chi connectivity index (χ1) is 12.2.